The van der Waals surface area contributed by atoms with Crippen molar-refractivity contribution in [1.82, 2.24) is 9.78 Å². The predicted octanol–water partition coefficient (Wildman–Crippen LogP) is 2.02. The lowest BCUT2D eigenvalue weighted by Gasteiger charge is -2.19. The Bertz CT molecular complexity index is 1140. The van der Waals surface area contributed by atoms with Gasteiger partial charge in [-0.2, -0.15) is 5.10 Å². The van der Waals surface area contributed by atoms with Crippen LogP contribution in [-0.2, 0) is 16.1 Å². The van der Waals surface area contributed by atoms with Crippen LogP contribution in [0.2, 0.25) is 5.02 Å². The fourth-order valence-corrected chi connectivity index (χ4v) is 3.02. The van der Waals surface area contributed by atoms with Gasteiger partial charge < -0.3 is 15.4 Å². The van der Waals surface area contributed by atoms with Crippen LogP contribution in [0.1, 0.15) is 0 Å². The van der Waals surface area contributed by atoms with Crippen LogP contribution in [0.3, 0.4) is 0 Å². The molecule has 2 aromatic carbocycles. The molecular formula is C18H13ClN4O4. The molecule has 27 heavy (non-hydrogen) atoms. The summed E-state index contributed by atoms with van der Waals surface area (Å²) in [6.07, 6.45) is 1.18. The second-order valence-corrected chi connectivity index (χ2v) is 6.30. The summed E-state index contributed by atoms with van der Waals surface area (Å²) in [7, 11) is 0. The zero-order chi connectivity index (χ0) is 19.0. The lowest BCUT2D eigenvalue weighted by Crippen LogP contribution is -2.26. The molecule has 0 radical (unpaired) electrons. The van der Waals surface area contributed by atoms with Gasteiger partial charge in [-0.15, -0.1) is 0 Å². The second kappa shape index (κ2) is 6.73. The van der Waals surface area contributed by atoms with Crippen molar-refractivity contribution in [2.75, 3.05) is 17.2 Å². The number of rotatable bonds is 3. The standard InChI is InChI=1S/C18H13ClN4O4/c19-11-5-13-16(27-9-18(26)22-13)6-12(11)21-17(25)8-23-14-4-2-1-3-10(14)15(24)7-20-23/h1-7H,8-9H2,(H,21,25)(H,22,26). The van der Waals surface area contributed by atoms with Gasteiger partial charge in [-0.05, 0) is 18.2 Å². The summed E-state index contributed by atoms with van der Waals surface area (Å²) in [6.45, 7) is -0.207. The van der Waals surface area contributed by atoms with E-state index in [2.05, 4.69) is 15.7 Å². The van der Waals surface area contributed by atoms with Crippen molar-refractivity contribution in [1.29, 1.82) is 0 Å². The molecule has 1 aliphatic rings. The number of nitrogens with one attached hydrogen (secondary N) is 2. The number of anilines is 2. The second-order valence-electron chi connectivity index (χ2n) is 5.90. The van der Waals surface area contributed by atoms with Crippen molar-refractivity contribution in [2.24, 2.45) is 0 Å². The number of halogens is 1. The molecule has 0 unspecified atom stereocenters. The molecule has 1 aliphatic heterocycles. The van der Waals surface area contributed by atoms with Crippen LogP contribution >= 0.6 is 11.6 Å². The third-order valence-electron chi connectivity index (χ3n) is 4.03. The number of amides is 2. The van der Waals surface area contributed by atoms with Crippen LogP contribution < -0.4 is 20.8 Å². The van der Waals surface area contributed by atoms with Crippen LogP contribution in [-0.4, -0.2) is 28.2 Å². The van der Waals surface area contributed by atoms with E-state index in [4.69, 9.17) is 16.3 Å². The zero-order valence-corrected chi connectivity index (χ0v) is 14.6. The quantitative estimate of drug-likeness (QED) is 0.719. The van der Waals surface area contributed by atoms with Crippen LogP contribution in [0.15, 0.2) is 47.4 Å². The minimum Gasteiger partial charge on any atom is -0.482 e. The van der Waals surface area contributed by atoms with Crippen molar-refractivity contribution < 1.29 is 14.3 Å². The Morgan fingerprint density at radius 3 is 2.96 bits per heavy atom. The molecule has 136 valence electrons. The maximum absolute atomic E-state index is 12.5. The van der Waals surface area contributed by atoms with Gasteiger partial charge in [-0.25, -0.2) is 0 Å². The van der Waals surface area contributed by atoms with E-state index in [1.165, 1.54) is 16.9 Å². The van der Waals surface area contributed by atoms with E-state index in [0.717, 1.165) is 0 Å². The fraction of sp³-hybridized carbons (Fsp3) is 0.111. The number of carbonyl (C=O) groups excluding carboxylic acids is 2. The summed E-state index contributed by atoms with van der Waals surface area (Å²) in [4.78, 5) is 35.7. The van der Waals surface area contributed by atoms with E-state index in [9.17, 15) is 14.4 Å². The van der Waals surface area contributed by atoms with Gasteiger partial charge in [0.05, 0.1) is 28.1 Å². The Kier molecular flexibility index (Phi) is 4.25. The molecular weight excluding hydrogens is 372 g/mol. The van der Waals surface area contributed by atoms with Gasteiger partial charge in [-0.3, -0.25) is 19.1 Å². The summed E-state index contributed by atoms with van der Waals surface area (Å²) in [5.74, 6) is -0.231. The highest BCUT2D eigenvalue weighted by atomic mass is 35.5. The van der Waals surface area contributed by atoms with Gasteiger partial charge in [-0.1, -0.05) is 23.7 Å². The third-order valence-corrected chi connectivity index (χ3v) is 4.34. The number of hydrogen-bond donors (Lipinski definition) is 2. The van der Waals surface area contributed by atoms with Crippen molar-refractivity contribution in [3.63, 3.8) is 0 Å². The number of hydrogen-bond acceptors (Lipinski definition) is 5. The van der Waals surface area contributed by atoms with Crippen molar-refractivity contribution >= 4 is 45.7 Å². The maximum atomic E-state index is 12.5. The summed E-state index contributed by atoms with van der Waals surface area (Å²) in [6, 6.07) is 9.98. The first kappa shape index (κ1) is 17.0. The number of fused-ring (bicyclic) bond motifs is 2. The van der Waals surface area contributed by atoms with E-state index < -0.39 is 0 Å². The monoisotopic (exact) mass is 384 g/mol. The van der Waals surface area contributed by atoms with Gasteiger partial charge >= 0.3 is 0 Å². The van der Waals surface area contributed by atoms with Gasteiger partial charge in [0.25, 0.3) is 5.91 Å². The third kappa shape index (κ3) is 3.34. The first-order valence-electron chi connectivity index (χ1n) is 8.02. The lowest BCUT2D eigenvalue weighted by molar-refractivity contribution is -0.119. The average Bonchev–Trinajstić information content (AvgIpc) is 2.65. The minimum atomic E-state index is -0.377. The Balaban J connectivity index is 1.58. The van der Waals surface area contributed by atoms with Crippen molar-refractivity contribution in [3.05, 3.63) is 57.8 Å². The van der Waals surface area contributed by atoms with E-state index >= 15 is 0 Å². The van der Waals surface area contributed by atoms with E-state index in [1.807, 2.05) is 0 Å². The molecule has 0 fully saturated rings. The predicted molar refractivity (Wildman–Crippen MR) is 100 cm³/mol. The SMILES string of the molecule is O=C(Cn1ncc(=O)c2ccccc21)Nc1cc2c(cc1Cl)NC(=O)CO2. The Labute approximate surface area is 157 Å². The van der Waals surface area contributed by atoms with Crippen molar-refractivity contribution in [2.45, 2.75) is 6.54 Å². The van der Waals surface area contributed by atoms with Gasteiger partial charge in [0.2, 0.25) is 11.3 Å². The molecule has 0 aliphatic carbocycles. The average molecular weight is 385 g/mol. The normalized spacial score (nSPS) is 12.9. The Hall–Kier alpha value is -3.39. The largest absolute Gasteiger partial charge is 0.482 e. The molecule has 0 saturated carbocycles. The van der Waals surface area contributed by atoms with Gasteiger partial charge in [0.1, 0.15) is 12.3 Å². The van der Waals surface area contributed by atoms with Gasteiger partial charge in [0, 0.05) is 11.5 Å². The zero-order valence-electron chi connectivity index (χ0n) is 13.9. The number of carbonyl (C=O) groups is 2. The number of benzene rings is 2. The van der Waals surface area contributed by atoms with E-state index in [1.54, 1.807) is 30.3 Å². The fourth-order valence-electron chi connectivity index (χ4n) is 2.81. The van der Waals surface area contributed by atoms with Crippen LogP contribution in [0.5, 0.6) is 5.75 Å². The van der Waals surface area contributed by atoms with Gasteiger partial charge in [0.15, 0.2) is 6.61 Å². The molecule has 4 rings (SSSR count). The summed E-state index contributed by atoms with van der Waals surface area (Å²) >= 11 is 6.19. The van der Waals surface area contributed by atoms with Crippen LogP contribution in [0, 0.1) is 0 Å². The highest BCUT2D eigenvalue weighted by Crippen LogP contribution is 2.36. The van der Waals surface area contributed by atoms with Crippen LogP contribution in [0.25, 0.3) is 10.9 Å². The highest BCUT2D eigenvalue weighted by molar-refractivity contribution is 6.34. The Morgan fingerprint density at radius 2 is 2.11 bits per heavy atom. The lowest BCUT2D eigenvalue weighted by atomic mass is 10.2. The summed E-state index contributed by atoms with van der Waals surface area (Å²) in [5.41, 5.74) is 1.14. The molecule has 0 saturated heterocycles. The highest BCUT2D eigenvalue weighted by Gasteiger charge is 2.19. The first-order valence-corrected chi connectivity index (χ1v) is 8.40. The molecule has 2 N–H and O–H groups in total. The Morgan fingerprint density at radius 1 is 1.30 bits per heavy atom. The molecule has 0 spiro atoms. The molecule has 1 aromatic heterocycles. The molecule has 0 atom stereocenters. The summed E-state index contributed by atoms with van der Waals surface area (Å²) in [5, 5.41) is 10.1. The smallest absolute Gasteiger partial charge is 0.262 e. The number of aromatic nitrogens is 2. The minimum absolute atomic E-state index is 0.102. The van der Waals surface area contributed by atoms with E-state index in [-0.39, 0.29) is 35.4 Å². The topological polar surface area (TPSA) is 102 Å². The first-order chi connectivity index (χ1) is 13.0. The molecule has 2 heterocycles. The molecule has 3 aromatic rings. The molecule has 9 heteroatoms. The molecule has 0 bridgehead atoms. The number of nitrogens with zero attached hydrogens (tertiary/aromatic N) is 2. The van der Waals surface area contributed by atoms with E-state index in [0.29, 0.717) is 28.0 Å². The van der Waals surface area contributed by atoms with Crippen molar-refractivity contribution in [3.8, 4) is 5.75 Å². The number of ether oxygens (including phenoxy) is 1. The maximum Gasteiger partial charge on any atom is 0.262 e. The number of para-hydroxylation sites is 1. The molecule has 2 amide bonds. The van der Waals surface area contributed by atoms with Crippen LogP contribution in [0.4, 0.5) is 11.4 Å². The summed E-state index contributed by atoms with van der Waals surface area (Å²) < 4.78 is 6.77. The molecule has 8 nitrogen and oxygen atoms in total.